The van der Waals surface area contributed by atoms with Crippen molar-refractivity contribution in [2.45, 2.75) is 26.4 Å². The van der Waals surface area contributed by atoms with Crippen LogP contribution in [0, 0.1) is 5.82 Å². The molecule has 27 heavy (non-hydrogen) atoms. The van der Waals surface area contributed by atoms with Gasteiger partial charge in [0, 0.05) is 0 Å². The van der Waals surface area contributed by atoms with Crippen molar-refractivity contribution in [3.63, 3.8) is 0 Å². The van der Waals surface area contributed by atoms with Gasteiger partial charge in [-0.15, -0.1) is 0 Å². The predicted octanol–water partition coefficient (Wildman–Crippen LogP) is 2.35. The molecule has 0 radical (unpaired) electrons. The minimum Gasteiger partial charge on any atom is -0.494 e. The van der Waals surface area contributed by atoms with Crippen LogP contribution in [0.15, 0.2) is 16.6 Å². The Morgan fingerprint density at radius 3 is 2.33 bits per heavy atom. The lowest BCUT2D eigenvalue weighted by molar-refractivity contribution is -0.138. The summed E-state index contributed by atoms with van der Waals surface area (Å²) in [7, 11) is -2.54. The fraction of sp³-hybridized carbons (Fsp3) is 0.467. The number of nitrogens with one attached hydrogen (secondary N) is 1. The Balaban J connectivity index is 3.44. The summed E-state index contributed by atoms with van der Waals surface area (Å²) in [5.74, 6) is -2.20. The molecule has 0 unspecified atom stereocenters. The van der Waals surface area contributed by atoms with Gasteiger partial charge in [0.05, 0.1) is 18.7 Å². The molecule has 0 atom stereocenters. The maximum absolute atomic E-state index is 14.7. The minimum atomic E-state index is -4.76. The van der Waals surface area contributed by atoms with E-state index < -0.39 is 45.9 Å². The van der Waals surface area contributed by atoms with Crippen molar-refractivity contribution in [3.05, 3.63) is 22.4 Å². The number of halogens is 2. The second-order valence-electron chi connectivity index (χ2n) is 6.10. The molecular weight excluding hydrogens is 451 g/mol. The molecule has 1 amide bonds. The second kappa shape index (κ2) is 8.74. The first-order valence-electron chi connectivity index (χ1n) is 7.44. The Morgan fingerprint density at radius 2 is 1.85 bits per heavy atom. The summed E-state index contributed by atoms with van der Waals surface area (Å²) in [5, 5.41) is 0. The lowest BCUT2D eigenvalue weighted by atomic mass is 10.2. The van der Waals surface area contributed by atoms with Crippen LogP contribution in [0.1, 0.15) is 20.8 Å². The molecule has 1 N–H and O–H groups in total. The van der Waals surface area contributed by atoms with Crippen molar-refractivity contribution in [2.24, 2.45) is 0 Å². The smallest absolute Gasteiger partial charge is 0.422 e. The maximum Gasteiger partial charge on any atom is 0.422 e. The third kappa shape index (κ3) is 6.24. The van der Waals surface area contributed by atoms with Crippen molar-refractivity contribution in [1.29, 1.82) is 0 Å². The molecule has 1 aromatic carbocycles. The standard InChI is InChI=1S/C15H20BrFN2O7S/c1-15(2,3)26-14(21)18-27(22,23)19(8-11(20)25-5)13-10(24-4)7-6-9(16)12(13)17/h6-7H,8H2,1-5H3,(H,18,21). The number of carbonyl (C=O) groups is 2. The molecule has 0 saturated carbocycles. The number of anilines is 1. The van der Waals surface area contributed by atoms with E-state index in [2.05, 4.69) is 20.7 Å². The molecular formula is C15H20BrFN2O7S. The first-order chi connectivity index (χ1) is 12.3. The first kappa shape index (κ1) is 23.0. The number of benzene rings is 1. The number of methoxy groups -OCH3 is 2. The van der Waals surface area contributed by atoms with E-state index in [1.807, 2.05) is 0 Å². The maximum atomic E-state index is 14.7. The third-order valence-corrected chi connectivity index (χ3v) is 4.83. The number of hydrogen-bond donors (Lipinski definition) is 1. The minimum absolute atomic E-state index is 0.0827. The largest absolute Gasteiger partial charge is 0.494 e. The molecule has 9 nitrogen and oxygen atoms in total. The van der Waals surface area contributed by atoms with Crippen molar-refractivity contribution < 1.29 is 36.6 Å². The highest BCUT2D eigenvalue weighted by molar-refractivity contribution is 9.10. The molecule has 0 aliphatic heterocycles. The summed E-state index contributed by atoms with van der Waals surface area (Å²) in [4.78, 5) is 23.6. The zero-order valence-corrected chi connectivity index (χ0v) is 17.7. The van der Waals surface area contributed by atoms with Gasteiger partial charge in [-0.1, -0.05) is 0 Å². The van der Waals surface area contributed by atoms with E-state index in [0.29, 0.717) is 4.31 Å². The normalized spacial score (nSPS) is 11.5. The van der Waals surface area contributed by atoms with Gasteiger partial charge in [0.15, 0.2) is 5.82 Å². The van der Waals surface area contributed by atoms with Crippen molar-refractivity contribution in [2.75, 3.05) is 25.1 Å². The third-order valence-electron chi connectivity index (χ3n) is 2.90. The van der Waals surface area contributed by atoms with E-state index in [9.17, 15) is 22.4 Å². The molecule has 0 heterocycles. The second-order valence-corrected chi connectivity index (χ2v) is 8.55. The molecule has 0 fully saturated rings. The van der Waals surface area contributed by atoms with Crippen molar-refractivity contribution >= 4 is 43.9 Å². The topological polar surface area (TPSA) is 111 Å². The number of ether oxygens (including phenoxy) is 3. The Labute approximate surface area is 165 Å². The van der Waals surface area contributed by atoms with Gasteiger partial charge in [-0.2, -0.15) is 8.42 Å². The molecule has 0 spiro atoms. The van der Waals surface area contributed by atoms with Crippen LogP contribution >= 0.6 is 15.9 Å². The molecule has 0 saturated heterocycles. The quantitative estimate of drug-likeness (QED) is 0.634. The summed E-state index contributed by atoms with van der Waals surface area (Å²) in [5.41, 5.74) is -1.57. The van der Waals surface area contributed by atoms with Gasteiger partial charge >= 0.3 is 22.3 Å². The van der Waals surface area contributed by atoms with Crippen LogP contribution in [0.3, 0.4) is 0 Å². The van der Waals surface area contributed by atoms with E-state index in [-0.39, 0.29) is 10.2 Å². The predicted molar refractivity (Wildman–Crippen MR) is 98.3 cm³/mol. The first-order valence-corrected chi connectivity index (χ1v) is 9.68. The zero-order chi connectivity index (χ0) is 21.0. The molecule has 0 aliphatic carbocycles. The number of nitrogens with zero attached hydrogens (tertiary/aromatic N) is 1. The number of amides is 1. The fourth-order valence-electron chi connectivity index (χ4n) is 1.84. The van der Waals surface area contributed by atoms with E-state index in [1.165, 1.54) is 40.0 Å². The Hall–Kier alpha value is -2.08. The molecule has 1 rings (SSSR count). The number of carbonyl (C=O) groups excluding carboxylic acids is 2. The summed E-state index contributed by atoms with van der Waals surface area (Å²) < 4.78 is 56.2. The van der Waals surface area contributed by atoms with Crippen LogP contribution in [0.4, 0.5) is 14.9 Å². The van der Waals surface area contributed by atoms with E-state index in [4.69, 9.17) is 9.47 Å². The van der Waals surface area contributed by atoms with Gasteiger partial charge in [-0.3, -0.25) is 4.79 Å². The molecule has 1 aromatic rings. The van der Waals surface area contributed by atoms with E-state index >= 15 is 0 Å². The van der Waals surface area contributed by atoms with E-state index in [0.717, 1.165) is 7.11 Å². The highest BCUT2D eigenvalue weighted by Gasteiger charge is 2.34. The Morgan fingerprint density at radius 1 is 1.26 bits per heavy atom. The monoisotopic (exact) mass is 470 g/mol. The lowest BCUT2D eigenvalue weighted by Crippen LogP contribution is -2.48. The van der Waals surface area contributed by atoms with Crippen LogP contribution in [-0.2, 0) is 24.5 Å². The Kier molecular flexibility index (Phi) is 7.43. The summed E-state index contributed by atoms with van der Waals surface area (Å²) in [6.45, 7) is 3.67. The van der Waals surface area contributed by atoms with Gasteiger partial charge in [-0.25, -0.2) is 18.2 Å². The average molecular weight is 471 g/mol. The number of hydrogen-bond acceptors (Lipinski definition) is 7. The van der Waals surface area contributed by atoms with Crippen LogP contribution in [-0.4, -0.2) is 46.8 Å². The molecule has 0 bridgehead atoms. The van der Waals surface area contributed by atoms with Gasteiger partial charge < -0.3 is 14.2 Å². The summed E-state index contributed by atoms with van der Waals surface area (Å²) >= 11 is 2.94. The van der Waals surface area contributed by atoms with Gasteiger partial charge in [0.25, 0.3) is 0 Å². The number of esters is 1. The number of rotatable bonds is 6. The van der Waals surface area contributed by atoms with Gasteiger partial charge in [0.2, 0.25) is 0 Å². The lowest BCUT2D eigenvalue weighted by Gasteiger charge is -2.26. The van der Waals surface area contributed by atoms with Crippen LogP contribution < -0.4 is 13.8 Å². The zero-order valence-electron chi connectivity index (χ0n) is 15.3. The van der Waals surface area contributed by atoms with Crippen LogP contribution in [0.5, 0.6) is 5.75 Å². The summed E-state index contributed by atoms with van der Waals surface area (Å²) in [6.07, 6.45) is -1.30. The van der Waals surface area contributed by atoms with Crippen molar-refractivity contribution in [1.82, 2.24) is 4.72 Å². The fourth-order valence-corrected chi connectivity index (χ4v) is 3.21. The van der Waals surface area contributed by atoms with Crippen LogP contribution in [0.25, 0.3) is 0 Å². The van der Waals surface area contributed by atoms with Crippen molar-refractivity contribution in [3.8, 4) is 5.75 Å². The average Bonchev–Trinajstić information content (AvgIpc) is 2.52. The molecule has 152 valence electrons. The highest BCUT2D eigenvalue weighted by atomic mass is 79.9. The van der Waals surface area contributed by atoms with Crippen LogP contribution in [0.2, 0.25) is 0 Å². The van der Waals surface area contributed by atoms with Gasteiger partial charge in [0.1, 0.15) is 23.6 Å². The summed E-state index contributed by atoms with van der Waals surface area (Å²) in [6, 6.07) is 2.58. The molecule has 0 aliphatic rings. The molecule has 12 heteroatoms. The van der Waals surface area contributed by atoms with E-state index in [1.54, 1.807) is 4.72 Å². The molecule has 0 aromatic heterocycles. The van der Waals surface area contributed by atoms with Gasteiger partial charge in [-0.05, 0) is 48.8 Å². The Bertz CT molecular complexity index is 824. The SMILES string of the molecule is COC(=O)CN(c1c(OC)ccc(Br)c1F)S(=O)(=O)NC(=O)OC(C)(C)C. The highest BCUT2D eigenvalue weighted by Crippen LogP contribution is 2.36.